The Morgan fingerprint density at radius 2 is 1.50 bits per heavy atom. The molecule has 0 spiro atoms. The predicted molar refractivity (Wildman–Crippen MR) is 90.2 cm³/mol. The molecule has 0 aliphatic heterocycles. The van der Waals surface area contributed by atoms with Gasteiger partial charge in [0, 0.05) is 6.04 Å². The van der Waals surface area contributed by atoms with E-state index >= 15 is 0 Å². The summed E-state index contributed by atoms with van der Waals surface area (Å²) in [6.45, 7) is 4.53. The number of nitrogens with one attached hydrogen (secondary N) is 1. The Morgan fingerprint density at radius 3 is 2.10 bits per heavy atom. The van der Waals surface area contributed by atoms with Gasteiger partial charge in [0.05, 0.1) is 0 Å². The van der Waals surface area contributed by atoms with Gasteiger partial charge in [0.1, 0.15) is 0 Å². The average molecular weight is 275 g/mol. The van der Waals surface area contributed by atoms with Crippen LogP contribution in [0.4, 0.5) is 0 Å². The Kier molecular flexibility index (Phi) is 9.40. The summed E-state index contributed by atoms with van der Waals surface area (Å²) in [5.74, 6) is 0. The monoisotopic (exact) mass is 275 g/mol. The number of hydrogen-bond acceptors (Lipinski definition) is 1. The van der Waals surface area contributed by atoms with Crippen LogP contribution >= 0.6 is 0 Å². The first-order valence-corrected chi connectivity index (χ1v) is 8.57. The molecule has 1 nitrogen and oxygen atoms in total. The molecule has 114 valence electrons. The molecule has 1 rings (SSSR count). The molecule has 0 fully saturated rings. The van der Waals surface area contributed by atoms with Crippen molar-refractivity contribution in [2.45, 2.75) is 77.7 Å². The summed E-state index contributed by atoms with van der Waals surface area (Å²) < 4.78 is 0. The van der Waals surface area contributed by atoms with Gasteiger partial charge in [-0.15, -0.1) is 0 Å². The molecule has 0 aliphatic rings. The van der Waals surface area contributed by atoms with E-state index in [0.717, 1.165) is 0 Å². The first kappa shape index (κ1) is 17.2. The molecule has 1 N–H and O–H groups in total. The van der Waals surface area contributed by atoms with Crippen molar-refractivity contribution in [3.05, 3.63) is 35.4 Å². The lowest BCUT2D eigenvalue weighted by atomic mass is 9.98. The molecular weight excluding hydrogens is 242 g/mol. The molecule has 0 heterocycles. The van der Waals surface area contributed by atoms with Crippen LogP contribution in [-0.4, -0.2) is 7.05 Å². The number of benzene rings is 1. The van der Waals surface area contributed by atoms with E-state index in [0.29, 0.717) is 6.04 Å². The molecule has 0 bridgehead atoms. The summed E-state index contributed by atoms with van der Waals surface area (Å²) in [4.78, 5) is 0. The van der Waals surface area contributed by atoms with Crippen molar-refractivity contribution in [3.63, 3.8) is 0 Å². The highest BCUT2D eigenvalue weighted by Gasteiger charge is 2.08. The summed E-state index contributed by atoms with van der Waals surface area (Å²) >= 11 is 0. The van der Waals surface area contributed by atoms with Crippen LogP contribution in [0.15, 0.2) is 24.3 Å². The summed E-state index contributed by atoms with van der Waals surface area (Å²) in [6.07, 6.45) is 11.9. The maximum atomic E-state index is 3.47. The van der Waals surface area contributed by atoms with E-state index in [1.54, 1.807) is 0 Å². The van der Waals surface area contributed by atoms with Gasteiger partial charge in [0.2, 0.25) is 0 Å². The molecule has 0 saturated heterocycles. The normalized spacial score (nSPS) is 12.6. The van der Waals surface area contributed by atoms with Crippen LogP contribution in [0, 0.1) is 0 Å². The van der Waals surface area contributed by atoms with Crippen molar-refractivity contribution >= 4 is 0 Å². The largest absolute Gasteiger partial charge is 0.313 e. The zero-order chi connectivity index (χ0) is 14.6. The fraction of sp³-hybridized carbons (Fsp3) is 0.684. The van der Waals surface area contributed by atoms with Crippen LogP contribution in [0.3, 0.4) is 0 Å². The predicted octanol–water partition coefficient (Wildman–Crippen LogP) is 5.65. The van der Waals surface area contributed by atoms with Gasteiger partial charge in [-0.2, -0.15) is 0 Å². The molecule has 1 atom stereocenters. The van der Waals surface area contributed by atoms with E-state index in [1.807, 2.05) is 0 Å². The minimum Gasteiger partial charge on any atom is -0.313 e. The number of unbranched alkanes of at least 4 members (excludes halogenated alkanes) is 5. The van der Waals surface area contributed by atoms with E-state index in [4.69, 9.17) is 0 Å². The van der Waals surface area contributed by atoms with E-state index in [1.165, 1.54) is 68.9 Å². The van der Waals surface area contributed by atoms with Crippen LogP contribution in [-0.2, 0) is 6.42 Å². The molecular formula is C19H33N. The Balaban J connectivity index is 2.40. The second kappa shape index (κ2) is 10.9. The van der Waals surface area contributed by atoms with Gasteiger partial charge >= 0.3 is 0 Å². The highest BCUT2D eigenvalue weighted by Crippen LogP contribution is 2.21. The molecule has 1 heteroatoms. The maximum Gasteiger partial charge on any atom is 0.0317 e. The molecule has 0 aliphatic carbocycles. The van der Waals surface area contributed by atoms with E-state index < -0.39 is 0 Å². The standard InChI is InChI=1S/C19H33N/c1-4-6-8-9-10-12-19(20-3)18-15-13-17(14-16-18)11-7-5-2/h13-16,19-20H,4-12H2,1-3H3. The molecule has 20 heavy (non-hydrogen) atoms. The summed E-state index contributed by atoms with van der Waals surface area (Å²) in [5.41, 5.74) is 2.93. The zero-order valence-electron chi connectivity index (χ0n) is 13.8. The van der Waals surface area contributed by atoms with Crippen LogP contribution in [0.1, 0.15) is 82.4 Å². The molecule has 0 saturated carbocycles. The molecule has 0 aromatic heterocycles. The Labute approximate surface area is 126 Å². The van der Waals surface area contributed by atoms with Crippen molar-refractivity contribution in [2.24, 2.45) is 0 Å². The highest BCUT2D eigenvalue weighted by molar-refractivity contribution is 5.25. The highest BCUT2D eigenvalue weighted by atomic mass is 14.9. The Morgan fingerprint density at radius 1 is 0.850 bits per heavy atom. The third kappa shape index (κ3) is 6.56. The molecule has 0 amide bonds. The summed E-state index contributed by atoms with van der Waals surface area (Å²) in [5, 5.41) is 3.47. The van der Waals surface area contributed by atoms with Gasteiger partial charge in [0.15, 0.2) is 0 Å². The fourth-order valence-corrected chi connectivity index (χ4v) is 2.73. The molecule has 1 aromatic carbocycles. The fourth-order valence-electron chi connectivity index (χ4n) is 2.73. The lowest BCUT2D eigenvalue weighted by Crippen LogP contribution is -2.16. The van der Waals surface area contributed by atoms with Crippen LogP contribution < -0.4 is 5.32 Å². The van der Waals surface area contributed by atoms with Crippen molar-refractivity contribution < 1.29 is 0 Å². The van der Waals surface area contributed by atoms with Crippen LogP contribution in [0.2, 0.25) is 0 Å². The second-order valence-corrected chi connectivity index (χ2v) is 5.89. The van der Waals surface area contributed by atoms with E-state index in [-0.39, 0.29) is 0 Å². The number of rotatable bonds is 11. The first-order valence-electron chi connectivity index (χ1n) is 8.57. The lowest BCUT2D eigenvalue weighted by molar-refractivity contribution is 0.500. The zero-order valence-corrected chi connectivity index (χ0v) is 13.8. The van der Waals surface area contributed by atoms with Crippen molar-refractivity contribution in [1.82, 2.24) is 5.32 Å². The first-order chi connectivity index (χ1) is 9.81. The van der Waals surface area contributed by atoms with Gasteiger partial charge in [-0.3, -0.25) is 0 Å². The number of hydrogen-bond donors (Lipinski definition) is 1. The molecule has 1 unspecified atom stereocenters. The maximum absolute atomic E-state index is 3.47. The van der Waals surface area contributed by atoms with Crippen molar-refractivity contribution in [2.75, 3.05) is 7.05 Å². The molecule has 0 radical (unpaired) electrons. The third-order valence-electron chi connectivity index (χ3n) is 4.15. The van der Waals surface area contributed by atoms with Crippen molar-refractivity contribution in [3.8, 4) is 0 Å². The van der Waals surface area contributed by atoms with Gasteiger partial charge in [-0.1, -0.05) is 76.6 Å². The minimum absolute atomic E-state index is 0.525. The SMILES string of the molecule is CCCCCCCC(NC)c1ccc(CCCC)cc1. The van der Waals surface area contributed by atoms with Crippen LogP contribution in [0.25, 0.3) is 0 Å². The van der Waals surface area contributed by atoms with Crippen LogP contribution in [0.5, 0.6) is 0 Å². The lowest BCUT2D eigenvalue weighted by Gasteiger charge is -2.17. The molecule has 1 aromatic rings. The topological polar surface area (TPSA) is 12.0 Å². The minimum atomic E-state index is 0.525. The summed E-state index contributed by atoms with van der Waals surface area (Å²) in [6, 6.07) is 9.78. The van der Waals surface area contributed by atoms with Gasteiger partial charge < -0.3 is 5.32 Å². The van der Waals surface area contributed by atoms with E-state index in [2.05, 4.69) is 50.5 Å². The Hall–Kier alpha value is -0.820. The van der Waals surface area contributed by atoms with Crippen molar-refractivity contribution in [1.29, 1.82) is 0 Å². The summed E-state index contributed by atoms with van der Waals surface area (Å²) in [7, 11) is 2.09. The second-order valence-electron chi connectivity index (χ2n) is 5.89. The third-order valence-corrected chi connectivity index (χ3v) is 4.15. The number of aryl methyl sites for hydroxylation is 1. The van der Waals surface area contributed by atoms with Gasteiger partial charge in [-0.05, 0) is 37.4 Å². The van der Waals surface area contributed by atoms with Gasteiger partial charge in [0.25, 0.3) is 0 Å². The average Bonchev–Trinajstić information content (AvgIpc) is 2.49. The smallest absolute Gasteiger partial charge is 0.0317 e. The van der Waals surface area contributed by atoms with E-state index in [9.17, 15) is 0 Å². The quantitative estimate of drug-likeness (QED) is 0.514. The van der Waals surface area contributed by atoms with Gasteiger partial charge in [-0.25, -0.2) is 0 Å². The Bertz CT molecular complexity index is 328.